The molecule has 1 amide bonds. The Morgan fingerprint density at radius 2 is 1.95 bits per heavy atom. The Bertz CT molecular complexity index is 644. The first-order valence-electron chi connectivity index (χ1n) is 6.70. The van der Waals surface area contributed by atoms with Crippen LogP contribution in [0.25, 0.3) is 0 Å². The molecule has 2 rings (SSSR count). The summed E-state index contributed by atoms with van der Waals surface area (Å²) in [6, 6.07) is 9.05. The number of H-pyrrole nitrogens is 1. The molecule has 1 aromatic carbocycles. The number of benzene rings is 1. The van der Waals surface area contributed by atoms with E-state index in [-0.39, 0.29) is 11.0 Å². The fraction of sp³-hybridized carbons (Fsp3) is 0.250. The van der Waals surface area contributed by atoms with Gasteiger partial charge in [-0.05, 0) is 30.0 Å². The van der Waals surface area contributed by atoms with Crippen LogP contribution in [0, 0.1) is 0 Å². The van der Waals surface area contributed by atoms with Crippen molar-refractivity contribution in [1.29, 1.82) is 0 Å². The van der Waals surface area contributed by atoms with Crippen LogP contribution in [0.15, 0.2) is 47.5 Å². The molecule has 0 aliphatic rings. The van der Waals surface area contributed by atoms with Crippen molar-refractivity contribution >= 4 is 11.6 Å². The van der Waals surface area contributed by atoms with Crippen molar-refractivity contribution < 1.29 is 4.79 Å². The lowest BCUT2D eigenvalue weighted by atomic mass is 9.98. The lowest BCUT2D eigenvalue weighted by Crippen LogP contribution is -2.20. The number of nitrogens with one attached hydrogen (secondary N) is 2. The highest BCUT2D eigenvalue weighted by atomic mass is 16.2. The molecule has 0 saturated carbocycles. The summed E-state index contributed by atoms with van der Waals surface area (Å²) in [4.78, 5) is 26.3. The average Bonchev–Trinajstić information content (AvgIpc) is 2.47. The molecule has 0 radical (unpaired) electrons. The summed E-state index contributed by atoms with van der Waals surface area (Å²) in [6.45, 7) is 4.30. The minimum absolute atomic E-state index is 0.110. The summed E-state index contributed by atoms with van der Waals surface area (Å²) >= 11 is 0. The third-order valence-corrected chi connectivity index (χ3v) is 3.42. The van der Waals surface area contributed by atoms with Gasteiger partial charge in [-0.1, -0.05) is 26.0 Å². The van der Waals surface area contributed by atoms with Crippen LogP contribution in [0.5, 0.6) is 0 Å². The number of amides is 1. The molecule has 0 bridgehead atoms. The van der Waals surface area contributed by atoms with Gasteiger partial charge in [-0.25, -0.2) is 0 Å². The van der Waals surface area contributed by atoms with Gasteiger partial charge in [0.05, 0.1) is 0 Å². The molecule has 2 aromatic rings. The third kappa shape index (κ3) is 3.15. The Labute approximate surface area is 117 Å². The van der Waals surface area contributed by atoms with Gasteiger partial charge in [-0.3, -0.25) is 9.59 Å². The number of carbonyl (C=O) groups excluding carboxylic acids is 1. The summed E-state index contributed by atoms with van der Waals surface area (Å²) in [6.07, 6.45) is 3.98. The summed E-state index contributed by atoms with van der Waals surface area (Å²) in [5, 5.41) is 2.72. The van der Waals surface area contributed by atoms with Gasteiger partial charge >= 0.3 is 0 Å². The molecule has 104 valence electrons. The number of pyridine rings is 1. The molecular formula is C16H18N2O2. The van der Waals surface area contributed by atoms with Crippen molar-refractivity contribution in [1.82, 2.24) is 4.98 Å². The molecule has 0 aliphatic heterocycles. The Balaban J connectivity index is 2.13. The molecule has 4 nitrogen and oxygen atoms in total. The van der Waals surface area contributed by atoms with E-state index in [1.165, 1.54) is 24.0 Å². The first-order valence-corrected chi connectivity index (χ1v) is 6.70. The zero-order chi connectivity index (χ0) is 14.5. The first kappa shape index (κ1) is 14.1. The second kappa shape index (κ2) is 6.19. The van der Waals surface area contributed by atoms with Crippen molar-refractivity contribution in [3.8, 4) is 0 Å². The second-order valence-corrected chi connectivity index (χ2v) is 4.81. The van der Waals surface area contributed by atoms with Gasteiger partial charge in [-0.2, -0.15) is 0 Å². The number of carbonyl (C=O) groups is 1. The summed E-state index contributed by atoms with van der Waals surface area (Å²) < 4.78 is 0. The fourth-order valence-corrected chi connectivity index (χ4v) is 1.92. The van der Waals surface area contributed by atoms with Crippen molar-refractivity contribution in [3.05, 3.63) is 64.1 Å². The van der Waals surface area contributed by atoms with Crippen molar-refractivity contribution in [3.63, 3.8) is 0 Å². The lowest BCUT2D eigenvalue weighted by Gasteiger charge is -2.10. The van der Waals surface area contributed by atoms with Gasteiger partial charge in [0.25, 0.3) is 5.91 Å². The fourth-order valence-electron chi connectivity index (χ4n) is 1.92. The maximum Gasteiger partial charge on any atom is 0.261 e. The van der Waals surface area contributed by atoms with Crippen LogP contribution in [0.1, 0.15) is 42.1 Å². The number of aromatic amines is 1. The molecule has 1 heterocycles. The maximum atomic E-state index is 12.0. The van der Waals surface area contributed by atoms with E-state index < -0.39 is 5.91 Å². The molecule has 0 fully saturated rings. The van der Waals surface area contributed by atoms with E-state index in [1.807, 2.05) is 24.3 Å². The van der Waals surface area contributed by atoms with E-state index in [0.717, 1.165) is 6.42 Å². The Morgan fingerprint density at radius 1 is 1.25 bits per heavy atom. The van der Waals surface area contributed by atoms with Crippen LogP contribution in [-0.2, 0) is 0 Å². The van der Waals surface area contributed by atoms with Gasteiger partial charge in [0.15, 0.2) is 5.43 Å². The van der Waals surface area contributed by atoms with Gasteiger partial charge in [-0.15, -0.1) is 0 Å². The van der Waals surface area contributed by atoms with Crippen molar-refractivity contribution in [2.24, 2.45) is 0 Å². The molecule has 20 heavy (non-hydrogen) atoms. The number of anilines is 1. The van der Waals surface area contributed by atoms with Gasteiger partial charge in [0, 0.05) is 24.1 Å². The van der Waals surface area contributed by atoms with Crippen LogP contribution < -0.4 is 10.7 Å². The molecule has 0 aliphatic carbocycles. The normalized spacial score (nSPS) is 11.9. The van der Waals surface area contributed by atoms with Crippen LogP contribution in [0.4, 0.5) is 5.69 Å². The van der Waals surface area contributed by atoms with Crippen LogP contribution >= 0.6 is 0 Å². The van der Waals surface area contributed by atoms with E-state index in [0.29, 0.717) is 11.6 Å². The molecule has 1 unspecified atom stereocenters. The third-order valence-electron chi connectivity index (χ3n) is 3.42. The SMILES string of the molecule is CCC(C)c1ccc(NC(=O)c2c[nH]ccc2=O)cc1. The topological polar surface area (TPSA) is 62.0 Å². The minimum Gasteiger partial charge on any atom is -0.367 e. The molecule has 4 heteroatoms. The Morgan fingerprint density at radius 3 is 2.55 bits per heavy atom. The standard InChI is InChI=1S/C16H18N2O2/c1-3-11(2)12-4-6-13(7-5-12)18-16(20)14-10-17-9-8-15(14)19/h4-11H,3H2,1-2H3,(H,17,19)(H,18,20). The number of hydrogen-bond acceptors (Lipinski definition) is 2. The largest absolute Gasteiger partial charge is 0.367 e. The minimum atomic E-state index is -0.400. The van der Waals surface area contributed by atoms with E-state index in [1.54, 1.807) is 0 Å². The van der Waals surface area contributed by atoms with Crippen molar-refractivity contribution in [2.45, 2.75) is 26.2 Å². The number of rotatable bonds is 4. The summed E-state index contributed by atoms with van der Waals surface area (Å²) in [7, 11) is 0. The molecule has 1 aromatic heterocycles. The van der Waals surface area contributed by atoms with E-state index in [2.05, 4.69) is 24.1 Å². The molecule has 0 saturated heterocycles. The molecule has 2 N–H and O–H groups in total. The van der Waals surface area contributed by atoms with Gasteiger partial charge in [0.1, 0.15) is 5.56 Å². The van der Waals surface area contributed by atoms with Gasteiger partial charge in [0.2, 0.25) is 0 Å². The van der Waals surface area contributed by atoms with E-state index in [9.17, 15) is 9.59 Å². The van der Waals surface area contributed by atoms with Crippen molar-refractivity contribution in [2.75, 3.05) is 5.32 Å². The predicted octanol–water partition coefficient (Wildman–Crippen LogP) is 3.14. The molecular weight excluding hydrogens is 252 g/mol. The monoisotopic (exact) mass is 270 g/mol. The average molecular weight is 270 g/mol. The quantitative estimate of drug-likeness (QED) is 0.896. The number of hydrogen-bond donors (Lipinski definition) is 2. The predicted molar refractivity (Wildman–Crippen MR) is 80.2 cm³/mol. The zero-order valence-electron chi connectivity index (χ0n) is 11.6. The van der Waals surface area contributed by atoms with E-state index in [4.69, 9.17) is 0 Å². The second-order valence-electron chi connectivity index (χ2n) is 4.81. The lowest BCUT2D eigenvalue weighted by molar-refractivity contribution is 0.102. The van der Waals surface area contributed by atoms with Crippen LogP contribution in [-0.4, -0.2) is 10.9 Å². The molecule has 0 spiro atoms. The molecule has 1 atom stereocenters. The highest BCUT2D eigenvalue weighted by Crippen LogP contribution is 2.20. The Hall–Kier alpha value is -2.36. The Kier molecular flexibility index (Phi) is 4.35. The first-order chi connectivity index (χ1) is 9.61. The summed E-state index contributed by atoms with van der Waals surface area (Å²) in [5.41, 5.74) is 1.74. The number of aromatic nitrogens is 1. The summed E-state index contributed by atoms with van der Waals surface area (Å²) in [5.74, 6) is 0.0971. The highest BCUT2D eigenvalue weighted by molar-refractivity contribution is 6.03. The maximum absolute atomic E-state index is 12.0. The van der Waals surface area contributed by atoms with E-state index >= 15 is 0 Å². The van der Waals surface area contributed by atoms with Gasteiger partial charge < -0.3 is 10.3 Å². The van der Waals surface area contributed by atoms with Crippen LogP contribution in [0.3, 0.4) is 0 Å². The van der Waals surface area contributed by atoms with Crippen LogP contribution in [0.2, 0.25) is 0 Å². The highest BCUT2D eigenvalue weighted by Gasteiger charge is 2.10. The zero-order valence-corrected chi connectivity index (χ0v) is 11.6. The smallest absolute Gasteiger partial charge is 0.261 e.